The van der Waals surface area contributed by atoms with Crippen molar-refractivity contribution in [1.82, 2.24) is 19.8 Å². The molecule has 1 aliphatic carbocycles. The molecule has 1 aliphatic rings. The van der Waals surface area contributed by atoms with Crippen LogP contribution in [0.15, 0.2) is 29.1 Å². The number of nitrogen functional groups attached to an aromatic ring is 1. The predicted octanol–water partition coefficient (Wildman–Crippen LogP) is 2.23. The molecule has 0 aliphatic heterocycles. The maximum atomic E-state index is 12.4. The number of hydrogen-bond acceptors (Lipinski definition) is 4. The summed E-state index contributed by atoms with van der Waals surface area (Å²) in [6, 6.07) is 7.06. The molecule has 6 heteroatoms. The highest BCUT2D eigenvalue weighted by molar-refractivity contribution is 5.44. The standard InChI is InChI=1S/C16H23N5O/c1-12(13-4-2-3-5-13)10-11-20-16(22)21(19-18-20)15-8-6-14(17)7-9-15/h6-9,12-13H,2-5,10-11,17H2,1H3. The maximum Gasteiger partial charge on any atom is 0.368 e. The molecule has 3 rings (SSSR count). The van der Waals surface area contributed by atoms with Crippen LogP contribution in [0.4, 0.5) is 5.69 Å². The van der Waals surface area contributed by atoms with E-state index in [-0.39, 0.29) is 5.69 Å². The van der Waals surface area contributed by atoms with E-state index in [0.29, 0.717) is 23.8 Å². The van der Waals surface area contributed by atoms with E-state index in [0.717, 1.165) is 12.3 Å². The fourth-order valence-corrected chi connectivity index (χ4v) is 3.28. The van der Waals surface area contributed by atoms with Crippen LogP contribution in [0.5, 0.6) is 0 Å². The smallest absolute Gasteiger partial charge is 0.368 e. The van der Waals surface area contributed by atoms with Crippen LogP contribution in [-0.2, 0) is 6.54 Å². The Morgan fingerprint density at radius 2 is 1.91 bits per heavy atom. The fraction of sp³-hybridized carbons (Fsp3) is 0.562. The van der Waals surface area contributed by atoms with Gasteiger partial charge in [0.2, 0.25) is 0 Å². The third-order valence-electron chi connectivity index (χ3n) is 4.78. The van der Waals surface area contributed by atoms with E-state index in [4.69, 9.17) is 5.73 Å². The van der Waals surface area contributed by atoms with E-state index in [9.17, 15) is 4.79 Å². The molecular formula is C16H23N5O. The highest BCUT2D eigenvalue weighted by Crippen LogP contribution is 2.32. The van der Waals surface area contributed by atoms with Gasteiger partial charge in [-0.2, -0.15) is 9.36 Å². The lowest BCUT2D eigenvalue weighted by atomic mass is 9.90. The van der Waals surface area contributed by atoms with Crippen molar-refractivity contribution >= 4 is 5.69 Å². The number of aryl methyl sites for hydroxylation is 1. The van der Waals surface area contributed by atoms with Crippen molar-refractivity contribution in [3.05, 3.63) is 34.7 Å². The molecule has 0 radical (unpaired) electrons. The fourth-order valence-electron chi connectivity index (χ4n) is 3.28. The SMILES string of the molecule is CC(CCn1nnn(-c2ccc(N)cc2)c1=O)C1CCCC1. The monoisotopic (exact) mass is 301 g/mol. The molecule has 1 aromatic heterocycles. The number of hydrogen-bond donors (Lipinski definition) is 1. The minimum atomic E-state index is -0.191. The molecular weight excluding hydrogens is 278 g/mol. The number of nitrogens with two attached hydrogens (primary N) is 1. The summed E-state index contributed by atoms with van der Waals surface area (Å²) in [5.41, 5.74) is 6.82. The minimum absolute atomic E-state index is 0.191. The zero-order valence-corrected chi connectivity index (χ0v) is 13.0. The second kappa shape index (κ2) is 6.34. The summed E-state index contributed by atoms with van der Waals surface area (Å²) in [6.45, 7) is 2.91. The molecule has 1 saturated carbocycles. The van der Waals surface area contributed by atoms with Gasteiger partial charge in [0.15, 0.2) is 0 Å². The summed E-state index contributed by atoms with van der Waals surface area (Å²) in [5, 5.41) is 7.97. The number of benzene rings is 1. The van der Waals surface area contributed by atoms with Crippen molar-refractivity contribution in [2.75, 3.05) is 5.73 Å². The lowest BCUT2D eigenvalue weighted by Gasteiger charge is -2.17. The predicted molar refractivity (Wildman–Crippen MR) is 85.8 cm³/mol. The summed E-state index contributed by atoms with van der Waals surface area (Å²) in [7, 11) is 0. The normalized spacial score (nSPS) is 17.0. The Balaban J connectivity index is 1.68. The van der Waals surface area contributed by atoms with Gasteiger partial charge in [0.05, 0.1) is 5.69 Å². The van der Waals surface area contributed by atoms with Crippen LogP contribution in [-0.4, -0.2) is 19.8 Å². The topological polar surface area (TPSA) is 78.7 Å². The van der Waals surface area contributed by atoms with E-state index >= 15 is 0 Å². The Labute approximate surface area is 129 Å². The molecule has 2 aromatic rings. The third-order valence-corrected chi connectivity index (χ3v) is 4.78. The average molecular weight is 301 g/mol. The minimum Gasteiger partial charge on any atom is -0.399 e. The Morgan fingerprint density at radius 3 is 2.59 bits per heavy atom. The van der Waals surface area contributed by atoms with E-state index in [1.807, 2.05) is 0 Å². The quantitative estimate of drug-likeness (QED) is 0.859. The van der Waals surface area contributed by atoms with E-state index in [2.05, 4.69) is 17.4 Å². The van der Waals surface area contributed by atoms with Crippen LogP contribution < -0.4 is 11.4 Å². The Kier molecular flexibility index (Phi) is 4.27. The first kappa shape index (κ1) is 14.8. The van der Waals surface area contributed by atoms with Crippen LogP contribution in [0.2, 0.25) is 0 Å². The average Bonchev–Trinajstić information content (AvgIpc) is 3.16. The molecule has 2 N–H and O–H groups in total. The van der Waals surface area contributed by atoms with Gasteiger partial charge >= 0.3 is 5.69 Å². The molecule has 1 heterocycles. The van der Waals surface area contributed by atoms with Crippen LogP contribution in [0.25, 0.3) is 5.69 Å². The zero-order chi connectivity index (χ0) is 15.5. The first-order valence-electron chi connectivity index (χ1n) is 8.04. The van der Waals surface area contributed by atoms with Crippen LogP contribution in [0.3, 0.4) is 0 Å². The molecule has 0 amide bonds. The van der Waals surface area contributed by atoms with Gasteiger partial charge in [-0.3, -0.25) is 0 Å². The van der Waals surface area contributed by atoms with Gasteiger partial charge in [-0.15, -0.1) is 0 Å². The summed E-state index contributed by atoms with van der Waals surface area (Å²) in [6.07, 6.45) is 6.33. The number of anilines is 1. The second-order valence-electron chi connectivity index (χ2n) is 6.30. The van der Waals surface area contributed by atoms with Crippen molar-refractivity contribution < 1.29 is 0 Å². The summed E-state index contributed by atoms with van der Waals surface area (Å²) < 4.78 is 2.78. The number of tetrazole rings is 1. The first-order chi connectivity index (χ1) is 10.6. The van der Waals surface area contributed by atoms with E-state index < -0.39 is 0 Å². The Hall–Kier alpha value is -2.11. The van der Waals surface area contributed by atoms with Gasteiger partial charge < -0.3 is 5.73 Å². The molecule has 0 bridgehead atoms. The molecule has 0 spiro atoms. The first-order valence-corrected chi connectivity index (χ1v) is 8.04. The number of rotatable bonds is 5. The van der Waals surface area contributed by atoms with Crippen molar-refractivity contribution in [2.24, 2.45) is 11.8 Å². The maximum absolute atomic E-state index is 12.4. The molecule has 1 fully saturated rings. The van der Waals surface area contributed by atoms with E-state index in [1.54, 1.807) is 24.3 Å². The van der Waals surface area contributed by atoms with Crippen LogP contribution in [0.1, 0.15) is 39.0 Å². The van der Waals surface area contributed by atoms with Crippen molar-refractivity contribution in [3.8, 4) is 5.69 Å². The highest BCUT2D eigenvalue weighted by atomic mass is 16.2. The molecule has 1 aromatic carbocycles. The molecule has 6 nitrogen and oxygen atoms in total. The molecule has 22 heavy (non-hydrogen) atoms. The summed E-state index contributed by atoms with van der Waals surface area (Å²) in [4.78, 5) is 12.4. The second-order valence-corrected chi connectivity index (χ2v) is 6.30. The van der Waals surface area contributed by atoms with Gasteiger partial charge in [-0.05, 0) is 52.9 Å². The van der Waals surface area contributed by atoms with Crippen molar-refractivity contribution in [3.63, 3.8) is 0 Å². The van der Waals surface area contributed by atoms with Gasteiger partial charge in [0.1, 0.15) is 0 Å². The van der Waals surface area contributed by atoms with Gasteiger partial charge in [0.25, 0.3) is 0 Å². The molecule has 118 valence electrons. The third kappa shape index (κ3) is 3.05. The van der Waals surface area contributed by atoms with Gasteiger partial charge in [-0.1, -0.05) is 32.6 Å². The largest absolute Gasteiger partial charge is 0.399 e. The van der Waals surface area contributed by atoms with Crippen molar-refractivity contribution in [2.45, 2.75) is 45.6 Å². The summed E-state index contributed by atoms with van der Waals surface area (Å²) in [5.74, 6) is 1.44. The number of nitrogens with zero attached hydrogens (tertiary/aromatic N) is 4. The van der Waals surface area contributed by atoms with Crippen molar-refractivity contribution in [1.29, 1.82) is 0 Å². The van der Waals surface area contributed by atoms with E-state index in [1.165, 1.54) is 35.0 Å². The molecule has 1 unspecified atom stereocenters. The number of aromatic nitrogens is 4. The lowest BCUT2D eigenvalue weighted by molar-refractivity contribution is 0.320. The molecule has 0 saturated heterocycles. The lowest BCUT2D eigenvalue weighted by Crippen LogP contribution is -2.25. The summed E-state index contributed by atoms with van der Waals surface area (Å²) >= 11 is 0. The zero-order valence-electron chi connectivity index (χ0n) is 13.0. The Bertz CT molecular complexity index is 667. The van der Waals surface area contributed by atoms with Gasteiger partial charge in [-0.25, -0.2) is 4.79 Å². The molecule has 1 atom stereocenters. The van der Waals surface area contributed by atoms with Crippen LogP contribution in [0, 0.1) is 11.8 Å². The van der Waals surface area contributed by atoms with Gasteiger partial charge in [0, 0.05) is 12.2 Å². The van der Waals surface area contributed by atoms with Crippen LogP contribution >= 0.6 is 0 Å². The Morgan fingerprint density at radius 1 is 1.23 bits per heavy atom. The highest BCUT2D eigenvalue weighted by Gasteiger charge is 2.21.